The van der Waals surface area contributed by atoms with Gasteiger partial charge in [-0.2, -0.15) is 0 Å². The molecular formula is C15H23NO4. The molecule has 112 valence electrons. The number of hydrogen-bond donors (Lipinski definition) is 1. The van der Waals surface area contributed by atoms with Gasteiger partial charge in [0.05, 0.1) is 21.3 Å². The van der Waals surface area contributed by atoms with Gasteiger partial charge in [-0.1, -0.05) is 6.42 Å². The van der Waals surface area contributed by atoms with Gasteiger partial charge in [-0.3, -0.25) is 0 Å². The normalized spacial score (nSPS) is 22.2. The molecule has 1 aromatic rings. The van der Waals surface area contributed by atoms with Crippen LogP contribution in [0.1, 0.15) is 25.7 Å². The van der Waals surface area contributed by atoms with Crippen molar-refractivity contribution in [2.24, 2.45) is 5.73 Å². The molecule has 0 heterocycles. The van der Waals surface area contributed by atoms with Crippen LogP contribution in [0.25, 0.3) is 0 Å². The predicted molar refractivity (Wildman–Crippen MR) is 77.0 cm³/mol. The molecule has 20 heavy (non-hydrogen) atoms. The van der Waals surface area contributed by atoms with E-state index in [-0.39, 0.29) is 12.1 Å². The smallest absolute Gasteiger partial charge is 0.203 e. The molecule has 1 aromatic carbocycles. The van der Waals surface area contributed by atoms with Crippen LogP contribution in [0.4, 0.5) is 0 Å². The standard InChI is InChI=1S/C15H23NO4/c1-17-13-8-10(9-14(18-2)15(13)19-3)20-12-7-5-4-6-11(12)16/h8-9,11-12H,4-7,16H2,1-3H3. The first-order valence-electron chi connectivity index (χ1n) is 6.91. The summed E-state index contributed by atoms with van der Waals surface area (Å²) in [5.74, 6) is 2.44. The lowest BCUT2D eigenvalue weighted by molar-refractivity contribution is 0.131. The molecule has 0 radical (unpaired) electrons. The van der Waals surface area contributed by atoms with Crippen LogP contribution in [0, 0.1) is 0 Å². The first kappa shape index (κ1) is 14.8. The zero-order valence-electron chi connectivity index (χ0n) is 12.3. The van der Waals surface area contributed by atoms with Crippen molar-refractivity contribution in [3.8, 4) is 23.0 Å². The van der Waals surface area contributed by atoms with Gasteiger partial charge in [0.2, 0.25) is 5.75 Å². The van der Waals surface area contributed by atoms with Crippen molar-refractivity contribution in [2.45, 2.75) is 37.8 Å². The van der Waals surface area contributed by atoms with Gasteiger partial charge >= 0.3 is 0 Å². The molecular weight excluding hydrogens is 258 g/mol. The van der Waals surface area contributed by atoms with Crippen LogP contribution in [0.5, 0.6) is 23.0 Å². The van der Waals surface area contributed by atoms with Crippen LogP contribution in [0.15, 0.2) is 12.1 Å². The first-order chi connectivity index (χ1) is 9.69. The highest BCUT2D eigenvalue weighted by Gasteiger charge is 2.24. The Morgan fingerprint density at radius 3 is 2.05 bits per heavy atom. The third-order valence-corrected chi connectivity index (χ3v) is 3.68. The summed E-state index contributed by atoms with van der Waals surface area (Å²) in [5.41, 5.74) is 6.11. The Hall–Kier alpha value is -1.62. The van der Waals surface area contributed by atoms with Crippen molar-refractivity contribution in [1.29, 1.82) is 0 Å². The molecule has 5 nitrogen and oxygen atoms in total. The average Bonchev–Trinajstić information content (AvgIpc) is 2.48. The van der Waals surface area contributed by atoms with Gasteiger partial charge in [-0.25, -0.2) is 0 Å². The minimum absolute atomic E-state index is 0.0477. The molecule has 0 spiro atoms. The second-order valence-corrected chi connectivity index (χ2v) is 4.97. The number of benzene rings is 1. The summed E-state index contributed by atoms with van der Waals surface area (Å²) in [7, 11) is 4.76. The lowest BCUT2D eigenvalue weighted by Gasteiger charge is -2.29. The van der Waals surface area contributed by atoms with E-state index in [1.165, 1.54) is 6.42 Å². The van der Waals surface area contributed by atoms with Crippen LogP contribution in [-0.2, 0) is 0 Å². The van der Waals surface area contributed by atoms with Crippen molar-refractivity contribution < 1.29 is 18.9 Å². The molecule has 1 aliphatic rings. The maximum absolute atomic E-state index is 6.11. The summed E-state index contributed by atoms with van der Waals surface area (Å²) in [6, 6.07) is 3.70. The molecule has 2 rings (SSSR count). The third kappa shape index (κ3) is 3.10. The Morgan fingerprint density at radius 2 is 1.55 bits per heavy atom. The Morgan fingerprint density at radius 1 is 0.950 bits per heavy atom. The Balaban J connectivity index is 2.23. The molecule has 1 saturated carbocycles. The highest BCUT2D eigenvalue weighted by atomic mass is 16.5. The number of ether oxygens (including phenoxy) is 4. The fourth-order valence-corrected chi connectivity index (χ4v) is 2.57. The largest absolute Gasteiger partial charge is 0.493 e. The van der Waals surface area contributed by atoms with Gasteiger partial charge in [-0.05, 0) is 19.3 Å². The quantitative estimate of drug-likeness (QED) is 0.897. The second-order valence-electron chi connectivity index (χ2n) is 4.97. The molecule has 0 aromatic heterocycles. The molecule has 1 fully saturated rings. The van der Waals surface area contributed by atoms with Crippen LogP contribution in [0.2, 0.25) is 0 Å². The summed E-state index contributed by atoms with van der Waals surface area (Å²) in [4.78, 5) is 0. The first-order valence-corrected chi connectivity index (χ1v) is 6.91. The van der Waals surface area contributed by atoms with Crippen molar-refractivity contribution in [1.82, 2.24) is 0 Å². The molecule has 0 saturated heterocycles. The summed E-state index contributed by atoms with van der Waals surface area (Å²) >= 11 is 0. The monoisotopic (exact) mass is 281 g/mol. The number of rotatable bonds is 5. The molecule has 1 aliphatic carbocycles. The fraction of sp³-hybridized carbons (Fsp3) is 0.600. The molecule has 5 heteroatoms. The second kappa shape index (κ2) is 6.70. The lowest BCUT2D eigenvalue weighted by atomic mass is 9.93. The highest BCUT2D eigenvalue weighted by Crippen LogP contribution is 2.41. The van der Waals surface area contributed by atoms with E-state index in [1.54, 1.807) is 21.3 Å². The molecule has 2 N–H and O–H groups in total. The Kier molecular flexibility index (Phi) is 4.95. The van der Waals surface area contributed by atoms with Gasteiger partial charge in [0.15, 0.2) is 11.5 Å². The van der Waals surface area contributed by atoms with Crippen LogP contribution < -0.4 is 24.7 Å². The van der Waals surface area contributed by atoms with Crippen molar-refractivity contribution in [3.63, 3.8) is 0 Å². The topological polar surface area (TPSA) is 62.9 Å². The number of nitrogens with two attached hydrogens (primary N) is 1. The number of hydrogen-bond acceptors (Lipinski definition) is 5. The van der Waals surface area contributed by atoms with Crippen molar-refractivity contribution in [3.05, 3.63) is 12.1 Å². The van der Waals surface area contributed by atoms with Crippen molar-refractivity contribution in [2.75, 3.05) is 21.3 Å². The van der Waals surface area contributed by atoms with Gasteiger partial charge in [-0.15, -0.1) is 0 Å². The van der Waals surface area contributed by atoms with E-state index >= 15 is 0 Å². The zero-order valence-corrected chi connectivity index (χ0v) is 12.3. The molecule has 2 atom stereocenters. The highest BCUT2D eigenvalue weighted by molar-refractivity contribution is 5.55. The van der Waals surface area contributed by atoms with E-state index in [9.17, 15) is 0 Å². The predicted octanol–water partition coefficient (Wildman–Crippen LogP) is 2.36. The van der Waals surface area contributed by atoms with E-state index in [4.69, 9.17) is 24.7 Å². The van der Waals surface area contributed by atoms with E-state index in [1.807, 2.05) is 12.1 Å². The Labute approximate surface area is 120 Å². The summed E-state index contributed by atoms with van der Waals surface area (Å²) in [6.45, 7) is 0. The zero-order chi connectivity index (χ0) is 14.5. The SMILES string of the molecule is COc1cc(OC2CCCCC2N)cc(OC)c1OC. The average molecular weight is 281 g/mol. The van der Waals surface area contributed by atoms with Gasteiger partial charge in [0.25, 0.3) is 0 Å². The van der Waals surface area contributed by atoms with E-state index in [2.05, 4.69) is 0 Å². The Bertz CT molecular complexity index is 424. The summed E-state index contributed by atoms with van der Waals surface area (Å²) < 4.78 is 21.9. The summed E-state index contributed by atoms with van der Waals surface area (Å²) in [6.07, 6.45) is 4.37. The molecule has 0 aliphatic heterocycles. The van der Waals surface area contributed by atoms with Crippen LogP contribution >= 0.6 is 0 Å². The lowest BCUT2D eigenvalue weighted by Crippen LogP contribution is -2.41. The minimum atomic E-state index is 0.0477. The fourth-order valence-electron chi connectivity index (χ4n) is 2.57. The number of methoxy groups -OCH3 is 3. The van der Waals surface area contributed by atoms with E-state index < -0.39 is 0 Å². The molecule has 0 bridgehead atoms. The van der Waals surface area contributed by atoms with Crippen molar-refractivity contribution >= 4 is 0 Å². The van der Waals surface area contributed by atoms with Crippen LogP contribution in [0.3, 0.4) is 0 Å². The maximum Gasteiger partial charge on any atom is 0.203 e. The summed E-state index contributed by atoms with van der Waals surface area (Å²) in [5, 5.41) is 0. The maximum atomic E-state index is 6.11. The minimum Gasteiger partial charge on any atom is -0.493 e. The third-order valence-electron chi connectivity index (χ3n) is 3.68. The van der Waals surface area contributed by atoms with Crippen LogP contribution in [-0.4, -0.2) is 33.5 Å². The van der Waals surface area contributed by atoms with E-state index in [0.717, 1.165) is 19.3 Å². The molecule has 2 unspecified atom stereocenters. The van der Waals surface area contributed by atoms with Gasteiger partial charge in [0, 0.05) is 18.2 Å². The van der Waals surface area contributed by atoms with Gasteiger partial charge < -0.3 is 24.7 Å². The van der Waals surface area contributed by atoms with E-state index in [0.29, 0.717) is 23.0 Å². The molecule has 0 amide bonds. The van der Waals surface area contributed by atoms with Gasteiger partial charge in [0.1, 0.15) is 11.9 Å².